The van der Waals surface area contributed by atoms with Crippen LogP contribution in [0.4, 0.5) is 0 Å². The smallest absolute Gasteiger partial charge is 0.224 e. The number of benzene rings is 3. The quantitative estimate of drug-likeness (QED) is 0.452. The van der Waals surface area contributed by atoms with E-state index < -0.39 is 0 Å². The molecule has 0 saturated heterocycles. The second kappa shape index (κ2) is 9.83. The van der Waals surface area contributed by atoms with Crippen molar-refractivity contribution in [2.24, 2.45) is 0 Å². The second-order valence-corrected chi connectivity index (χ2v) is 7.28. The summed E-state index contributed by atoms with van der Waals surface area (Å²) in [6, 6.07) is 25.3. The summed E-state index contributed by atoms with van der Waals surface area (Å²) in [6.07, 6.45) is 2.17. The molecule has 0 unspecified atom stereocenters. The van der Waals surface area contributed by atoms with Crippen molar-refractivity contribution in [3.05, 3.63) is 96.2 Å². The molecule has 0 bridgehead atoms. The van der Waals surface area contributed by atoms with Crippen LogP contribution in [0.5, 0.6) is 11.5 Å². The van der Waals surface area contributed by atoms with Crippen molar-refractivity contribution >= 4 is 5.91 Å². The lowest BCUT2D eigenvalue weighted by atomic mass is 10.1. The van der Waals surface area contributed by atoms with E-state index in [4.69, 9.17) is 14.6 Å². The zero-order valence-corrected chi connectivity index (χ0v) is 18.1. The summed E-state index contributed by atoms with van der Waals surface area (Å²) in [7, 11) is 3.18. The van der Waals surface area contributed by atoms with Gasteiger partial charge in [0.2, 0.25) is 5.91 Å². The van der Waals surface area contributed by atoms with Crippen molar-refractivity contribution in [2.45, 2.75) is 13.0 Å². The molecule has 1 N–H and O–H groups in total. The molecule has 0 saturated carbocycles. The molecule has 3 aromatic carbocycles. The van der Waals surface area contributed by atoms with Gasteiger partial charge in [0, 0.05) is 35.5 Å². The van der Waals surface area contributed by atoms with Gasteiger partial charge in [-0.1, -0.05) is 54.6 Å². The number of carbonyl (C=O) groups excluding carboxylic acids is 1. The second-order valence-electron chi connectivity index (χ2n) is 7.28. The van der Waals surface area contributed by atoms with Gasteiger partial charge in [-0.15, -0.1) is 0 Å². The molecule has 32 heavy (non-hydrogen) atoms. The molecule has 4 aromatic rings. The van der Waals surface area contributed by atoms with Gasteiger partial charge in [-0.3, -0.25) is 4.79 Å². The van der Waals surface area contributed by atoms with E-state index in [0.29, 0.717) is 18.0 Å². The van der Waals surface area contributed by atoms with E-state index in [1.54, 1.807) is 20.3 Å². The molecule has 6 heteroatoms. The van der Waals surface area contributed by atoms with E-state index in [0.717, 1.165) is 28.1 Å². The fourth-order valence-electron chi connectivity index (χ4n) is 3.52. The monoisotopic (exact) mass is 427 g/mol. The average molecular weight is 428 g/mol. The van der Waals surface area contributed by atoms with E-state index in [2.05, 4.69) is 5.32 Å². The standard InChI is InChI=1S/C26H25N3O3/c1-31-23-14-13-20(24(16-23)32-2)15-25(30)27-17-21-18-29(22-11-7-4-8-12-22)28-26(21)19-9-5-3-6-10-19/h3-14,16,18H,15,17H2,1-2H3,(H,27,30). The number of nitrogens with one attached hydrogen (secondary N) is 1. The van der Waals surface area contributed by atoms with Crippen LogP contribution in [-0.4, -0.2) is 29.9 Å². The molecule has 0 aliphatic rings. The molecule has 4 rings (SSSR count). The van der Waals surface area contributed by atoms with Crippen LogP contribution in [0.1, 0.15) is 11.1 Å². The molecule has 1 aromatic heterocycles. The highest BCUT2D eigenvalue weighted by atomic mass is 16.5. The summed E-state index contributed by atoms with van der Waals surface area (Å²) < 4.78 is 12.5. The maximum atomic E-state index is 12.7. The molecular weight excluding hydrogens is 402 g/mol. The molecule has 0 aliphatic heterocycles. The predicted molar refractivity (Wildman–Crippen MR) is 124 cm³/mol. The number of nitrogens with zero attached hydrogens (tertiary/aromatic N) is 2. The fourth-order valence-corrected chi connectivity index (χ4v) is 3.52. The Bertz CT molecular complexity index is 1190. The van der Waals surface area contributed by atoms with Gasteiger partial charge in [0.1, 0.15) is 11.5 Å². The van der Waals surface area contributed by atoms with E-state index >= 15 is 0 Å². The maximum absolute atomic E-state index is 12.7. The Morgan fingerprint density at radius 1 is 0.906 bits per heavy atom. The van der Waals surface area contributed by atoms with Crippen molar-refractivity contribution < 1.29 is 14.3 Å². The van der Waals surface area contributed by atoms with Gasteiger partial charge in [-0.25, -0.2) is 4.68 Å². The maximum Gasteiger partial charge on any atom is 0.224 e. The van der Waals surface area contributed by atoms with Gasteiger partial charge >= 0.3 is 0 Å². The Morgan fingerprint density at radius 2 is 1.62 bits per heavy atom. The number of carbonyl (C=O) groups is 1. The Labute approximate surface area is 187 Å². The highest BCUT2D eigenvalue weighted by Crippen LogP contribution is 2.26. The van der Waals surface area contributed by atoms with Crippen LogP contribution >= 0.6 is 0 Å². The number of para-hydroxylation sites is 1. The van der Waals surface area contributed by atoms with Crippen molar-refractivity contribution in [3.63, 3.8) is 0 Å². The molecule has 1 amide bonds. The predicted octanol–water partition coefficient (Wildman–Crippen LogP) is 4.42. The molecule has 6 nitrogen and oxygen atoms in total. The zero-order valence-electron chi connectivity index (χ0n) is 18.1. The molecular formula is C26H25N3O3. The van der Waals surface area contributed by atoms with Crippen LogP contribution in [-0.2, 0) is 17.8 Å². The highest BCUT2D eigenvalue weighted by molar-refractivity contribution is 5.79. The summed E-state index contributed by atoms with van der Waals surface area (Å²) in [5.41, 5.74) is 4.55. The van der Waals surface area contributed by atoms with Crippen molar-refractivity contribution in [1.82, 2.24) is 15.1 Å². The minimum Gasteiger partial charge on any atom is -0.497 e. The van der Waals surface area contributed by atoms with Crippen LogP contribution in [0.25, 0.3) is 16.9 Å². The Balaban J connectivity index is 1.54. The normalized spacial score (nSPS) is 10.6. The Morgan fingerprint density at radius 3 is 2.31 bits per heavy atom. The largest absolute Gasteiger partial charge is 0.497 e. The van der Waals surface area contributed by atoms with Gasteiger partial charge in [-0.2, -0.15) is 5.10 Å². The van der Waals surface area contributed by atoms with Gasteiger partial charge in [0.05, 0.1) is 32.0 Å². The Hall–Kier alpha value is -4.06. The number of methoxy groups -OCH3 is 2. The Kier molecular flexibility index (Phi) is 6.51. The highest BCUT2D eigenvalue weighted by Gasteiger charge is 2.15. The van der Waals surface area contributed by atoms with Crippen LogP contribution < -0.4 is 14.8 Å². The van der Waals surface area contributed by atoms with Crippen molar-refractivity contribution in [3.8, 4) is 28.4 Å². The number of rotatable bonds is 8. The van der Waals surface area contributed by atoms with Gasteiger partial charge in [-0.05, 0) is 18.2 Å². The lowest BCUT2D eigenvalue weighted by molar-refractivity contribution is -0.120. The molecule has 0 fully saturated rings. The molecule has 1 heterocycles. The average Bonchev–Trinajstić information content (AvgIpc) is 3.28. The summed E-state index contributed by atoms with van der Waals surface area (Å²) in [6.45, 7) is 0.369. The third kappa shape index (κ3) is 4.81. The van der Waals surface area contributed by atoms with E-state index in [1.807, 2.05) is 83.7 Å². The van der Waals surface area contributed by atoms with Gasteiger partial charge in [0.25, 0.3) is 0 Å². The first-order valence-corrected chi connectivity index (χ1v) is 10.3. The molecule has 162 valence electrons. The van der Waals surface area contributed by atoms with Crippen LogP contribution in [0.15, 0.2) is 85.1 Å². The molecule has 0 aliphatic carbocycles. The molecule has 0 spiro atoms. The SMILES string of the molecule is COc1ccc(CC(=O)NCc2cn(-c3ccccc3)nc2-c2ccccc2)c(OC)c1. The summed E-state index contributed by atoms with van der Waals surface area (Å²) >= 11 is 0. The number of ether oxygens (including phenoxy) is 2. The minimum absolute atomic E-state index is 0.0973. The summed E-state index contributed by atoms with van der Waals surface area (Å²) in [5, 5.41) is 7.81. The first kappa shape index (κ1) is 21.2. The van der Waals surface area contributed by atoms with Gasteiger partial charge in [0.15, 0.2) is 0 Å². The first-order chi connectivity index (χ1) is 15.7. The van der Waals surface area contributed by atoms with Crippen molar-refractivity contribution in [2.75, 3.05) is 14.2 Å². The summed E-state index contributed by atoms with van der Waals surface area (Å²) in [5.74, 6) is 1.22. The van der Waals surface area contributed by atoms with E-state index in [-0.39, 0.29) is 12.3 Å². The van der Waals surface area contributed by atoms with E-state index in [9.17, 15) is 4.79 Å². The topological polar surface area (TPSA) is 65.4 Å². The lowest BCUT2D eigenvalue weighted by Crippen LogP contribution is -2.24. The van der Waals surface area contributed by atoms with Gasteiger partial charge < -0.3 is 14.8 Å². The fraction of sp³-hybridized carbons (Fsp3) is 0.154. The zero-order chi connectivity index (χ0) is 22.3. The molecule has 0 radical (unpaired) electrons. The third-order valence-corrected chi connectivity index (χ3v) is 5.18. The number of hydrogen-bond donors (Lipinski definition) is 1. The molecule has 0 atom stereocenters. The number of hydrogen-bond acceptors (Lipinski definition) is 4. The third-order valence-electron chi connectivity index (χ3n) is 5.18. The van der Waals surface area contributed by atoms with Crippen LogP contribution in [0.2, 0.25) is 0 Å². The van der Waals surface area contributed by atoms with Crippen LogP contribution in [0.3, 0.4) is 0 Å². The summed E-state index contributed by atoms with van der Waals surface area (Å²) in [4.78, 5) is 12.7. The number of aromatic nitrogens is 2. The number of amides is 1. The van der Waals surface area contributed by atoms with Crippen LogP contribution in [0, 0.1) is 0 Å². The first-order valence-electron chi connectivity index (χ1n) is 10.3. The van der Waals surface area contributed by atoms with E-state index in [1.165, 1.54) is 0 Å². The lowest BCUT2D eigenvalue weighted by Gasteiger charge is -2.11. The minimum atomic E-state index is -0.0973. The van der Waals surface area contributed by atoms with Crippen molar-refractivity contribution in [1.29, 1.82) is 0 Å².